The zero-order valence-corrected chi connectivity index (χ0v) is 11.1. The number of pyridine rings is 1. The monoisotopic (exact) mass is 305 g/mol. The smallest absolute Gasteiger partial charge is 0.346 e. The Bertz CT molecular complexity index is 839. The number of aromatic nitrogens is 2. The van der Waals surface area contributed by atoms with Crippen molar-refractivity contribution >= 4 is 22.6 Å². The lowest BCUT2D eigenvalue weighted by atomic mass is 10.1. The Morgan fingerprint density at radius 2 is 1.91 bits per heavy atom. The second kappa shape index (κ2) is 5.18. The van der Waals surface area contributed by atoms with Gasteiger partial charge in [-0.2, -0.15) is 13.2 Å². The van der Waals surface area contributed by atoms with Crippen LogP contribution in [0.25, 0.3) is 11.0 Å². The average molecular weight is 305 g/mol. The van der Waals surface area contributed by atoms with Crippen molar-refractivity contribution in [2.24, 2.45) is 0 Å². The molecule has 2 heterocycles. The number of alkyl halides is 3. The Balaban J connectivity index is 1.98. The lowest BCUT2D eigenvalue weighted by Crippen LogP contribution is -2.18. The van der Waals surface area contributed by atoms with Crippen LogP contribution in [0, 0.1) is 0 Å². The Morgan fingerprint density at radius 1 is 1.14 bits per heavy atom. The molecule has 0 fully saturated rings. The number of H-pyrrole nitrogens is 1. The standard InChI is InChI=1S/C15H10F3N3O/c16-15(17,18)11-4-2-1-3-9(11)14(22)21-12-6-8-20-13-10(12)5-7-19-13/h1-8H,(H2,19,20,21,22). The highest BCUT2D eigenvalue weighted by Gasteiger charge is 2.34. The number of aromatic amines is 1. The van der Waals surface area contributed by atoms with E-state index in [0.717, 1.165) is 12.1 Å². The van der Waals surface area contributed by atoms with Crippen LogP contribution in [0.1, 0.15) is 15.9 Å². The molecule has 0 radical (unpaired) electrons. The molecule has 112 valence electrons. The number of anilines is 1. The molecule has 22 heavy (non-hydrogen) atoms. The van der Waals surface area contributed by atoms with Crippen LogP contribution < -0.4 is 5.32 Å². The molecule has 3 rings (SSSR count). The predicted molar refractivity (Wildman–Crippen MR) is 75.5 cm³/mol. The van der Waals surface area contributed by atoms with Gasteiger partial charge in [0.05, 0.1) is 16.8 Å². The molecule has 0 saturated carbocycles. The first-order chi connectivity index (χ1) is 10.5. The molecule has 0 atom stereocenters. The first kappa shape index (κ1) is 14.1. The zero-order chi connectivity index (χ0) is 15.7. The molecule has 7 heteroatoms. The summed E-state index contributed by atoms with van der Waals surface area (Å²) in [5.74, 6) is -0.818. The lowest BCUT2D eigenvalue weighted by Gasteiger charge is -2.13. The number of benzene rings is 1. The number of halogens is 3. The van der Waals surface area contributed by atoms with Crippen molar-refractivity contribution in [2.45, 2.75) is 6.18 Å². The maximum atomic E-state index is 13.0. The van der Waals surface area contributed by atoms with Crippen LogP contribution in [0.2, 0.25) is 0 Å². The highest BCUT2D eigenvalue weighted by molar-refractivity contribution is 6.09. The van der Waals surface area contributed by atoms with Gasteiger partial charge in [-0.3, -0.25) is 4.79 Å². The van der Waals surface area contributed by atoms with Gasteiger partial charge in [-0.25, -0.2) is 4.98 Å². The molecule has 2 N–H and O–H groups in total. The number of rotatable bonds is 2. The molecule has 2 aromatic heterocycles. The Kier molecular flexibility index (Phi) is 3.32. The van der Waals surface area contributed by atoms with Crippen molar-refractivity contribution in [2.75, 3.05) is 5.32 Å². The van der Waals surface area contributed by atoms with Crippen LogP contribution in [0.3, 0.4) is 0 Å². The molecule has 3 aromatic rings. The van der Waals surface area contributed by atoms with Gasteiger partial charge < -0.3 is 10.3 Å². The fourth-order valence-corrected chi connectivity index (χ4v) is 2.19. The summed E-state index contributed by atoms with van der Waals surface area (Å²) in [5.41, 5.74) is -0.447. The molecule has 0 unspecified atom stereocenters. The highest BCUT2D eigenvalue weighted by Crippen LogP contribution is 2.32. The number of hydrogen-bond acceptors (Lipinski definition) is 2. The predicted octanol–water partition coefficient (Wildman–Crippen LogP) is 3.83. The lowest BCUT2D eigenvalue weighted by molar-refractivity contribution is -0.137. The minimum Gasteiger partial charge on any atom is -0.346 e. The quantitative estimate of drug-likeness (QED) is 0.756. The number of nitrogens with zero attached hydrogens (tertiary/aromatic N) is 1. The summed E-state index contributed by atoms with van der Waals surface area (Å²) in [6.45, 7) is 0. The maximum Gasteiger partial charge on any atom is 0.417 e. The maximum absolute atomic E-state index is 13.0. The van der Waals surface area contributed by atoms with Crippen LogP contribution in [-0.2, 0) is 6.18 Å². The van der Waals surface area contributed by atoms with Gasteiger partial charge in [-0.05, 0) is 24.3 Å². The van der Waals surface area contributed by atoms with Gasteiger partial charge in [0.2, 0.25) is 0 Å². The van der Waals surface area contributed by atoms with Crippen LogP contribution in [0.15, 0.2) is 48.8 Å². The van der Waals surface area contributed by atoms with Crippen molar-refractivity contribution in [1.82, 2.24) is 9.97 Å². The van der Waals surface area contributed by atoms with Crippen LogP contribution in [0.4, 0.5) is 18.9 Å². The van der Waals surface area contributed by atoms with E-state index in [1.54, 1.807) is 12.3 Å². The van der Waals surface area contributed by atoms with E-state index in [1.807, 2.05) is 0 Å². The number of fused-ring (bicyclic) bond motifs is 1. The third kappa shape index (κ3) is 2.52. The first-order valence-electron chi connectivity index (χ1n) is 6.36. The number of hydrogen-bond donors (Lipinski definition) is 2. The second-order valence-electron chi connectivity index (χ2n) is 4.60. The molecule has 4 nitrogen and oxygen atoms in total. The fraction of sp³-hybridized carbons (Fsp3) is 0.0667. The van der Waals surface area contributed by atoms with Gasteiger partial charge in [0.1, 0.15) is 5.65 Å². The Morgan fingerprint density at radius 3 is 2.68 bits per heavy atom. The summed E-state index contributed by atoms with van der Waals surface area (Å²) < 4.78 is 38.9. The molecular weight excluding hydrogens is 295 g/mol. The van der Waals surface area contributed by atoms with E-state index < -0.39 is 23.2 Å². The molecule has 0 aliphatic carbocycles. The highest BCUT2D eigenvalue weighted by atomic mass is 19.4. The van der Waals surface area contributed by atoms with Gasteiger partial charge in [-0.1, -0.05) is 12.1 Å². The van der Waals surface area contributed by atoms with E-state index in [4.69, 9.17) is 0 Å². The fourth-order valence-electron chi connectivity index (χ4n) is 2.19. The van der Waals surface area contributed by atoms with E-state index in [9.17, 15) is 18.0 Å². The van der Waals surface area contributed by atoms with E-state index in [-0.39, 0.29) is 0 Å². The van der Waals surface area contributed by atoms with Crippen molar-refractivity contribution in [3.05, 3.63) is 59.9 Å². The van der Waals surface area contributed by atoms with E-state index >= 15 is 0 Å². The molecule has 0 bridgehead atoms. The van der Waals surface area contributed by atoms with Crippen molar-refractivity contribution in [3.8, 4) is 0 Å². The molecule has 1 aromatic carbocycles. The van der Waals surface area contributed by atoms with Crippen molar-refractivity contribution < 1.29 is 18.0 Å². The van der Waals surface area contributed by atoms with Crippen LogP contribution in [-0.4, -0.2) is 15.9 Å². The van der Waals surface area contributed by atoms with E-state index in [1.165, 1.54) is 24.4 Å². The Labute approximate surface area is 123 Å². The van der Waals surface area contributed by atoms with Crippen LogP contribution in [0.5, 0.6) is 0 Å². The van der Waals surface area contributed by atoms with Gasteiger partial charge in [-0.15, -0.1) is 0 Å². The van der Waals surface area contributed by atoms with E-state index in [0.29, 0.717) is 16.7 Å². The molecule has 0 aliphatic heterocycles. The van der Waals surface area contributed by atoms with Crippen molar-refractivity contribution in [1.29, 1.82) is 0 Å². The topological polar surface area (TPSA) is 57.8 Å². The normalized spacial score (nSPS) is 11.6. The van der Waals surface area contributed by atoms with Crippen molar-refractivity contribution in [3.63, 3.8) is 0 Å². The molecule has 0 saturated heterocycles. The third-order valence-electron chi connectivity index (χ3n) is 3.19. The third-order valence-corrected chi connectivity index (χ3v) is 3.19. The second-order valence-corrected chi connectivity index (χ2v) is 4.60. The number of carbonyl (C=O) groups excluding carboxylic acids is 1. The molecule has 0 aliphatic rings. The summed E-state index contributed by atoms with van der Waals surface area (Å²) in [4.78, 5) is 19.1. The summed E-state index contributed by atoms with van der Waals surface area (Å²) in [6, 6.07) is 7.89. The van der Waals surface area contributed by atoms with E-state index in [2.05, 4.69) is 15.3 Å². The molecule has 1 amide bonds. The summed E-state index contributed by atoms with van der Waals surface area (Å²) in [7, 11) is 0. The number of carbonyl (C=O) groups is 1. The summed E-state index contributed by atoms with van der Waals surface area (Å²) in [5, 5.41) is 3.13. The minimum absolute atomic E-state index is 0.397. The number of amides is 1. The van der Waals surface area contributed by atoms with Gasteiger partial charge in [0, 0.05) is 17.8 Å². The number of nitrogens with one attached hydrogen (secondary N) is 2. The first-order valence-corrected chi connectivity index (χ1v) is 6.36. The molecular formula is C15H10F3N3O. The molecule has 0 spiro atoms. The SMILES string of the molecule is O=C(Nc1ccnc2[nH]ccc12)c1ccccc1C(F)(F)F. The minimum atomic E-state index is -4.59. The largest absolute Gasteiger partial charge is 0.417 e. The summed E-state index contributed by atoms with van der Waals surface area (Å²) in [6.07, 6.45) is -1.49. The zero-order valence-electron chi connectivity index (χ0n) is 11.1. The van der Waals surface area contributed by atoms with Gasteiger partial charge in [0.15, 0.2) is 0 Å². The average Bonchev–Trinajstić information content (AvgIpc) is 2.96. The van der Waals surface area contributed by atoms with Gasteiger partial charge >= 0.3 is 6.18 Å². The van der Waals surface area contributed by atoms with Crippen LogP contribution >= 0.6 is 0 Å². The summed E-state index contributed by atoms with van der Waals surface area (Å²) >= 11 is 0. The van der Waals surface area contributed by atoms with Gasteiger partial charge in [0.25, 0.3) is 5.91 Å². The Hall–Kier alpha value is -2.83.